The van der Waals surface area contributed by atoms with Crippen LogP contribution >= 0.6 is 0 Å². The van der Waals surface area contributed by atoms with Crippen molar-refractivity contribution >= 4 is 11.7 Å². The van der Waals surface area contributed by atoms with Gasteiger partial charge in [0.25, 0.3) is 0 Å². The number of pyridine rings is 1. The molecule has 1 amide bonds. The summed E-state index contributed by atoms with van der Waals surface area (Å²) in [5, 5.41) is 0. The van der Waals surface area contributed by atoms with Crippen LogP contribution in [0.4, 0.5) is 5.82 Å². The summed E-state index contributed by atoms with van der Waals surface area (Å²) in [7, 11) is 3.57. The standard InChI is InChI=1S/C16H26N4O/c1-4-8-20(11-15(21)19(2)3)16-13(10-17)9-12-6-5-7-14(12)18-16/h9H,4-8,10-11,17H2,1-3H3. The maximum absolute atomic E-state index is 12.1. The van der Waals surface area contributed by atoms with E-state index in [0.29, 0.717) is 13.1 Å². The summed E-state index contributed by atoms with van der Waals surface area (Å²) in [5.41, 5.74) is 9.47. The second kappa shape index (κ2) is 6.89. The number of rotatable bonds is 6. The Morgan fingerprint density at radius 2 is 2.14 bits per heavy atom. The van der Waals surface area contributed by atoms with Gasteiger partial charge in [0.15, 0.2) is 0 Å². The van der Waals surface area contributed by atoms with Gasteiger partial charge in [-0.25, -0.2) is 4.98 Å². The molecule has 1 aromatic rings. The quantitative estimate of drug-likeness (QED) is 0.858. The number of fused-ring (bicyclic) bond motifs is 1. The molecule has 0 aromatic carbocycles. The van der Waals surface area contributed by atoms with Crippen LogP contribution in [-0.2, 0) is 24.2 Å². The van der Waals surface area contributed by atoms with Crippen molar-refractivity contribution < 1.29 is 4.79 Å². The molecule has 0 radical (unpaired) electrons. The van der Waals surface area contributed by atoms with Gasteiger partial charge in [-0.05, 0) is 37.3 Å². The summed E-state index contributed by atoms with van der Waals surface area (Å²) in [6.07, 6.45) is 4.28. The lowest BCUT2D eigenvalue weighted by molar-refractivity contribution is -0.127. The summed E-state index contributed by atoms with van der Waals surface area (Å²) in [4.78, 5) is 20.6. The van der Waals surface area contributed by atoms with Gasteiger partial charge in [0.05, 0.1) is 6.54 Å². The second-order valence-corrected chi connectivity index (χ2v) is 5.84. The van der Waals surface area contributed by atoms with Crippen molar-refractivity contribution in [1.82, 2.24) is 9.88 Å². The van der Waals surface area contributed by atoms with Crippen LogP contribution in [0.1, 0.15) is 36.6 Å². The molecular formula is C16H26N4O. The summed E-state index contributed by atoms with van der Waals surface area (Å²) in [5.74, 6) is 0.990. The number of hydrogen-bond acceptors (Lipinski definition) is 4. The maximum atomic E-state index is 12.1. The van der Waals surface area contributed by atoms with E-state index in [1.165, 1.54) is 17.7 Å². The van der Waals surface area contributed by atoms with Crippen LogP contribution in [0.25, 0.3) is 0 Å². The Balaban J connectivity index is 2.32. The van der Waals surface area contributed by atoms with Gasteiger partial charge in [-0.3, -0.25) is 4.79 Å². The van der Waals surface area contributed by atoms with E-state index in [1.807, 2.05) is 0 Å². The molecule has 0 aliphatic heterocycles. The molecule has 1 heterocycles. The highest BCUT2D eigenvalue weighted by Gasteiger charge is 2.21. The number of aryl methyl sites for hydroxylation is 2. The molecule has 0 bridgehead atoms. The third-order valence-electron chi connectivity index (χ3n) is 3.94. The number of amides is 1. The Morgan fingerprint density at radius 3 is 2.76 bits per heavy atom. The zero-order valence-electron chi connectivity index (χ0n) is 13.4. The Kier molecular flexibility index (Phi) is 5.17. The van der Waals surface area contributed by atoms with Crippen molar-refractivity contribution in [3.8, 4) is 0 Å². The van der Waals surface area contributed by atoms with Crippen molar-refractivity contribution in [3.63, 3.8) is 0 Å². The lowest BCUT2D eigenvalue weighted by Gasteiger charge is -2.27. The van der Waals surface area contributed by atoms with Crippen LogP contribution in [0.3, 0.4) is 0 Å². The molecule has 0 spiro atoms. The van der Waals surface area contributed by atoms with Gasteiger partial charge in [0, 0.05) is 38.4 Å². The fourth-order valence-corrected chi connectivity index (χ4v) is 2.77. The zero-order chi connectivity index (χ0) is 15.4. The minimum absolute atomic E-state index is 0.0914. The molecule has 0 fully saturated rings. The van der Waals surface area contributed by atoms with Crippen LogP contribution < -0.4 is 10.6 Å². The average Bonchev–Trinajstić information content (AvgIpc) is 2.92. The molecule has 0 saturated carbocycles. The Bertz CT molecular complexity index is 513. The number of nitrogens with two attached hydrogens (primary N) is 1. The highest BCUT2D eigenvalue weighted by Crippen LogP contribution is 2.27. The van der Waals surface area contributed by atoms with Gasteiger partial charge < -0.3 is 15.5 Å². The van der Waals surface area contributed by atoms with E-state index in [-0.39, 0.29) is 5.91 Å². The molecular weight excluding hydrogens is 264 g/mol. The summed E-state index contributed by atoms with van der Waals surface area (Å²) in [6, 6.07) is 2.19. The molecule has 5 heteroatoms. The highest BCUT2D eigenvalue weighted by molar-refractivity contribution is 5.81. The third kappa shape index (κ3) is 3.53. The first-order valence-corrected chi connectivity index (χ1v) is 7.73. The first-order valence-electron chi connectivity index (χ1n) is 7.73. The van der Waals surface area contributed by atoms with Crippen LogP contribution in [0, 0.1) is 0 Å². The molecule has 2 N–H and O–H groups in total. The first kappa shape index (κ1) is 15.8. The molecule has 1 aliphatic carbocycles. The minimum Gasteiger partial charge on any atom is -0.347 e. The molecule has 1 aliphatic rings. The number of hydrogen-bond donors (Lipinski definition) is 1. The maximum Gasteiger partial charge on any atom is 0.241 e. The van der Waals surface area contributed by atoms with Gasteiger partial charge >= 0.3 is 0 Å². The zero-order valence-corrected chi connectivity index (χ0v) is 13.4. The summed E-state index contributed by atoms with van der Waals surface area (Å²) >= 11 is 0. The fraction of sp³-hybridized carbons (Fsp3) is 0.625. The van der Waals surface area contributed by atoms with Crippen molar-refractivity contribution in [3.05, 3.63) is 22.9 Å². The molecule has 0 saturated heterocycles. The van der Waals surface area contributed by atoms with E-state index in [4.69, 9.17) is 10.7 Å². The van der Waals surface area contributed by atoms with E-state index in [9.17, 15) is 4.79 Å². The first-order chi connectivity index (χ1) is 10.1. The van der Waals surface area contributed by atoms with Crippen molar-refractivity contribution in [1.29, 1.82) is 0 Å². The van der Waals surface area contributed by atoms with E-state index in [1.54, 1.807) is 19.0 Å². The number of aromatic nitrogens is 1. The van der Waals surface area contributed by atoms with Crippen LogP contribution in [0.5, 0.6) is 0 Å². The monoisotopic (exact) mass is 290 g/mol. The molecule has 116 valence electrons. The molecule has 21 heavy (non-hydrogen) atoms. The van der Waals surface area contributed by atoms with E-state index >= 15 is 0 Å². The molecule has 0 unspecified atom stereocenters. The fourth-order valence-electron chi connectivity index (χ4n) is 2.77. The van der Waals surface area contributed by atoms with Crippen LogP contribution in [-0.4, -0.2) is 43.0 Å². The van der Waals surface area contributed by atoms with E-state index in [2.05, 4.69) is 17.9 Å². The average molecular weight is 290 g/mol. The summed E-state index contributed by atoms with van der Waals surface area (Å²) < 4.78 is 0. The lowest BCUT2D eigenvalue weighted by Crippen LogP contribution is -2.38. The minimum atomic E-state index is 0.0914. The number of carbonyl (C=O) groups excluding carboxylic acids is 1. The summed E-state index contributed by atoms with van der Waals surface area (Å²) in [6.45, 7) is 3.76. The van der Waals surface area contributed by atoms with Crippen molar-refractivity contribution in [2.45, 2.75) is 39.2 Å². The van der Waals surface area contributed by atoms with Gasteiger partial charge in [0.2, 0.25) is 5.91 Å². The molecule has 1 aromatic heterocycles. The third-order valence-corrected chi connectivity index (χ3v) is 3.94. The van der Waals surface area contributed by atoms with Gasteiger partial charge in [-0.2, -0.15) is 0 Å². The van der Waals surface area contributed by atoms with Crippen molar-refractivity contribution in [2.75, 3.05) is 32.1 Å². The highest BCUT2D eigenvalue weighted by atomic mass is 16.2. The largest absolute Gasteiger partial charge is 0.347 e. The number of anilines is 1. The predicted molar refractivity (Wildman–Crippen MR) is 85.4 cm³/mol. The van der Waals surface area contributed by atoms with Gasteiger partial charge in [-0.1, -0.05) is 6.92 Å². The molecule has 0 atom stereocenters. The van der Waals surface area contributed by atoms with Gasteiger partial charge in [-0.15, -0.1) is 0 Å². The Labute approximate surface area is 127 Å². The smallest absolute Gasteiger partial charge is 0.241 e. The lowest BCUT2D eigenvalue weighted by atomic mass is 10.1. The van der Waals surface area contributed by atoms with E-state index in [0.717, 1.165) is 37.2 Å². The van der Waals surface area contributed by atoms with E-state index < -0.39 is 0 Å². The second-order valence-electron chi connectivity index (χ2n) is 5.84. The number of carbonyl (C=O) groups is 1. The molecule has 2 rings (SSSR count). The van der Waals surface area contributed by atoms with Crippen LogP contribution in [0.2, 0.25) is 0 Å². The SMILES string of the molecule is CCCN(CC(=O)N(C)C)c1nc2c(cc1CN)CCC2. The molecule has 5 nitrogen and oxygen atoms in total. The Morgan fingerprint density at radius 1 is 1.38 bits per heavy atom. The number of nitrogens with zero attached hydrogens (tertiary/aromatic N) is 3. The van der Waals surface area contributed by atoms with Crippen LogP contribution in [0.15, 0.2) is 6.07 Å². The van der Waals surface area contributed by atoms with Gasteiger partial charge in [0.1, 0.15) is 5.82 Å². The topological polar surface area (TPSA) is 62.5 Å². The normalized spacial score (nSPS) is 13.1. The van der Waals surface area contributed by atoms with Crippen molar-refractivity contribution in [2.24, 2.45) is 5.73 Å². The number of likely N-dealkylation sites (N-methyl/N-ethyl adjacent to an activating group) is 1. The predicted octanol–water partition coefficient (Wildman–Crippen LogP) is 1.33. The Hall–Kier alpha value is -1.62.